The van der Waals surface area contributed by atoms with Gasteiger partial charge in [-0.3, -0.25) is 4.90 Å². The Hall–Kier alpha value is -1.64. The summed E-state index contributed by atoms with van der Waals surface area (Å²) in [5.74, 6) is 0. The van der Waals surface area contributed by atoms with Crippen molar-refractivity contribution in [3.63, 3.8) is 0 Å². The lowest BCUT2D eigenvalue weighted by Gasteiger charge is -2.43. The van der Waals surface area contributed by atoms with E-state index in [1.165, 1.54) is 24.8 Å². The molecule has 138 valence electrons. The molecule has 0 spiro atoms. The van der Waals surface area contributed by atoms with Crippen LogP contribution in [0.15, 0.2) is 54.6 Å². The van der Waals surface area contributed by atoms with Gasteiger partial charge in [0.15, 0.2) is 0 Å². The van der Waals surface area contributed by atoms with Gasteiger partial charge < -0.3 is 5.11 Å². The lowest BCUT2D eigenvalue weighted by Crippen LogP contribution is -2.47. The number of likely N-dealkylation sites (tertiary alicyclic amines) is 1. The Labute approximate surface area is 157 Å². The molecule has 1 N–H and O–H groups in total. The number of benzene rings is 2. The molecule has 2 nitrogen and oxygen atoms in total. The number of rotatable bonds is 6. The lowest BCUT2D eigenvalue weighted by atomic mass is 9.74. The number of hydrogen-bond acceptors (Lipinski definition) is 2. The highest BCUT2D eigenvalue weighted by Crippen LogP contribution is 2.38. The largest absolute Gasteiger partial charge is 0.396 e. The van der Waals surface area contributed by atoms with E-state index >= 15 is 0 Å². The third-order valence-corrected chi connectivity index (χ3v) is 6.76. The Balaban J connectivity index is 1.29. The molecule has 1 saturated heterocycles. The van der Waals surface area contributed by atoms with Crippen molar-refractivity contribution in [3.8, 4) is 0 Å². The first-order valence-electron chi connectivity index (χ1n) is 10.2. The SMILES string of the molecule is OCC1(CCCc2ccccc2)CCN(C2Cc3ccccc3C2)CC1. The molecule has 0 amide bonds. The van der Waals surface area contributed by atoms with E-state index < -0.39 is 0 Å². The van der Waals surface area contributed by atoms with Gasteiger partial charge in [0.2, 0.25) is 0 Å². The quantitative estimate of drug-likeness (QED) is 0.843. The maximum absolute atomic E-state index is 10.1. The van der Waals surface area contributed by atoms with Crippen LogP contribution in [0.2, 0.25) is 0 Å². The van der Waals surface area contributed by atoms with Crippen molar-refractivity contribution in [1.82, 2.24) is 4.90 Å². The summed E-state index contributed by atoms with van der Waals surface area (Å²) in [5, 5.41) is 10.1. The highest BCUT2D eigenvalue weighted by atomic mass is 16.3. The van der Waals surface area contributed by atoms with Crippen LogP contribution in [0.25, 0.3) is 0 Å². The fourth-order valence-electron chi connectivity index (χ4n) is 4.96. The number of nitrogens with zero attached hydrogens (tertiary/aromatic N) is 1. The van der Waals surface area contributed by atoms with E-state index in [4.69, 9.17) is 0 Å². The van der Waals surface area contributed by atoms with Crippen LogP contribution in [0, 0.1) is 5.41 Å². The summed E-state index contributed by atoms with van der Waals surface area (Å²) < 4.78 is 0. The highest BCUT2D eigenvalue weighted by Gasteiger charge is 2.36. The molecule has 0 saturated carbocycles. The molecule has 0 radical (unpaired) electrons. The number of aliphatic hydroxyl groups excluding tert-OH is 1. The maximum Gasteiger partial charge on any atom is 0.0488 e. The molecule has 0 atom stereocenters. The third kappa shape index (κ3) is 3.87. The van der Waals surface area contributed by atoms with Crippen molar-refractivity contribution >= 4 is 0 Å². The van der Waals surface area contributed by atoms with Crippen LogP contribution in [-0.2, 0) is 19.3 Å². The first-order valence-corrected chi connectivity index (χ1v) is 10.2. The molecule has 2 aromatic carbocycles. The Morgan fingerprint density at radius 1 is 0.885 bits per heavy atom. The van der Waals surface area contributed by atoms with Gasteiger partial charge in [-0.2, -0.15) is 0 Å². The van der Waals surface area contributed by atoms with Gasteiger partial charge in [-0.1, -0.05) is 54.6 Å². The molecule has 0 aromatic heterocycles. The summed E-state index contributed by atoms with van der Waals surface area (Å²) in [5.41, 5.74) is 4.65. The summed E-state index contributed by atoms with van der Waals surface area (Å²) in [6.07, 6.45) is 8.16. The van der Waals surface area contributed by atoms with E-state index in [2.05, 4.69) is 59.5 Å². The Morgan fingerprint density at radius 3 is 2.12 bits per heavy atom. The van der Waals surface area contributed by atoms with Gasteiger partial charge in [-0.05, 0) is 80.1 Å². The molecule has 0 bridgehead atoms. The van der Waals surface area contributed by atoms with Crippen LogP contribution in [0.4, 0.5) is 0 Å². The minimum absolute atomic E-state index is 0.150. The van der Waals surface area contributed by atoms with E-state index in [0.29, 0.717) is 12.6 Å². The van der Waals surface area contributed by atoms with Crippen LogP contribution in [0.1, 0.15) is 42.4 Å². The number of aryl methyl sites for hydroxylation is 1. The van der Waals surface area contributed by atoms with Crippen LogP contribution in [-0.4, -0.2) is 35.7 Å². The van der Waals surface area contributed by atoms with Crippen LogP contribution < -0.4 is 0 Å². The van der Waals surface area contributed by atoms with Crippen molar-refractivity contribution in [1.29, 1.82) is 0 Å². The van der Waals surface area contributed by atoms with Gasteiger partial charge >= 0.3 is 0 Å². The molecule has 26 heavy (non-hydrogen) atoms. The van der Waals surface area contributed by atoms with E-state index in [1.54, 1.807) is 11.1 Å². The van der Waals surface area contributed by atoms with E-state index in [9.17, 15) is 5.11 Å². The number of hydrogen-bond donors (Lipinski definition) is 1. The first-order chi connectivity index (χ1) is 12.8. The molecule has 2 heteroatoms. The summed E-state index contributed by atoms with van der Waals surface area (Å²) >= 11 is 0. The zero-order chi connectivity index (χ0) is 17.8. The molecular formula is C24H31NO. The molecular weight excluding hydrogens is 318 g/mol. The summed E-state index contributed by atoms with van der Waals surface area (Å²) in [7, 11) is 0. The van der Waals surface area contributed by atoms with Crippen LogP contribution in [0.5, 0.6) is 0 Å². The van der Waals surface area contributed by atoms with Gasteiger partial charge in [0.05, 0.1) is 0 Å². The fourth-order valence-corrected chi connectivity index (χ4v) is 4.96. The fraction of sp³-hybridized carbons (Fsp3) is 0.500. The van der Waals surface area contributed by atoms with Gasteiger partial charge in [0, 0.05) is 12.6 Å². The van der Waals surface area contributed by atoms with Gasteiger partial charge in [0.25, 0.3) is 0 Å². The molecule has 1 aliphatic carbocycles. The van der Waals surface area contributed by atoms with Crippen molar-refractivity contribution in [2.24, 2.45) is 5.41 Å². The monoisotopic (exact) mass is 349 g/mol. The predicted molar refractivity (Wildman–Crippen MR) is 107 cm³/mol. The molecule has 1 heterocycles. The normalized spacial score (nSPS) is 20.2. The first kappa shape index (κ1) is 17.8. The minimum atomic E-state index is 0.150. The zero-order valence-electron chi connectivity index (χ0n) is 15.7. The Kier molecular flexibility index (Phi) is 5.42. The zero-order valence-corrected chi connectivity index (χ0v) is 15.7. The molecule has 0 unspecified atom stereocenters. The molecule has 1 aliphatic heterocycles. The predicted octanol–water partition coefficient (Wildman–Crippen LogP) is 4.25. The smallest absolute Gasteiger partial charge is 0.0488 e. The second kappa shape index (κ2) is 7.94. The number of fused-ring (bicyclic) bond motifs is 1. The summed E-state index contributed by atoms with van der Waals surface area (Å²) in [6.45, 7) is 2.63. The second-order valence-corrected chi connectivity index (χ2v) is 8.36. The molecule has 4 rings (SSSR count). The van der Waals surface area contributed by atoms with Crippen LogP contribution >= 0.6 is 0 Å². The van der Waals surface area contributed by atoms with Crippen molar-refractivity contribution in [2.75, 3.05) is 19.7 Å². The van der Waals surface area contributed by atoms with E-state index in [1.807, 2.05) is 0 Å². The topological polar surface area (TPSA) is 23.5 Å². The minimum Gasteiger partial charge on any atom is -0.396 e. The number of aliphatic hydroxyl groups is 1. The number of piperidine rings is 1. The maximum atomic E-state index is 10.1. The third-order valence-electron chi connectivity index (χ3n) is 6.76. The summed E-state index contributed by atoms with van der Waals surface area (Å²) in [6, 6.07) is 20.3. The Bertz CT molecular complexity index is 678. The lowest BCUT2D eigenvalue weighted by molar-refractivity contribution is 0.0214. The highest BCUT2D eigenvalue weighted by molar-refractivity contribution is 5.33. The molecule has 1 fully saturated rings. The van der Waals surface area contributed by atoms with Crippen molar-refractivity contribution in [2.45, 2.75) is 51.0 Å². The molecule has 2 aliphatic rings. The van der Waals surface area contributed by atoms with E-state index in [0.717, 1.165) is 38.8 Å². The standard InChI is InChI=1S/C24H31NO/c26-19-24(12-6-9-20-7-2-1-3-8-20)13-15-25(16-14-24)23-17-21-10-4-5-11-22(21)18-23/h1-5,7-8,10-11,23,26H,6,9,12-19H2. The molecule has 2 aromatic rings. The average molecular weight is 350 g/mol. The van der Waals surface area contributed by atoms with Crippen molar-refractivity contribution < 1.29 is 5.11 Å². The average Bonchev–Trinajstić information content (AvgIpc) is 3.13. The second-order valence-electron chi connectivity index (χ2n) is 8.36. The Morgan fingerprint density at radius 2 is 1.50 bits per heavy atom. The van der Waals surface area contributed by atoms with Crippen molar-refractivity contribution in [3.05, 3.63) is 71.3 Å². The van der Waals surface area contributed by atoms with E-state index in [-0.39, 0.29) is 5.41 Å². The van der Waals surface area contributed by atoms with Gasteiger partial charge in [-0.25, -0.2) is 0 Å². The van der Waals surface area contributed by atoms with Crippen LogP contribution in [0.3, 0.4) is 0 Å². The van der Waals surface area contributed by atoms with Gasteiger partial charge in [-0.15, -0.1) is 0 Å². The summed E-state index contributed by atoms with van der Waals surface area (Å²) in [4.78, 5) is 2.69. The van der Waals surface area contributed by atoms with Gasteiger partial charge in [0.1, 0.15) is 0 Å².